The Labute approximate surface area is 308 Å². The van der Waals surface area contributed by atoms with Gasteiger partial charge in [0.2, 0.25) is 0 Å². The van der Waals surface area contributed by atoms with Crippen molar-refractivity contribution >= 4 is 32.6 Å². The topological polar surface area (TPSA) is 30.7 Å². The zero-order chi connectivity index (χ0) is 35.1. The lowest BCUT2D eigenvalue weighted by atomic mass is 9.91. The van der Waals surface area contributed by atoms with Crippen molar-refractivity contribution in [1.82, 2.24) is 14.5 Å². The number of fused-ring (bicyclic) bond motifs is 4. The third kappa shape index (κ3) is 5.38. The van der Waals surface area contributed by atoms with Crippen molar-refractivity contribution in [2.75, 3.05) is 0 Å². The first-order valence-electron chi connectivity index (χ1n) is 18.0. The van der Waals surface area contributed by atoms with Crippen LogP contribution in [-0.4, -0.2) is 14.5 Å². The molecule has 2 aromatic heterocycles. The maximum atomic E-state index is 5.23. The smallest absolute Gasteiger partial charge is 0.160 e. The van der Waals surface area contributed by atoms with Crippen LogP contribution in [0.25, 0.3) is 94.4 Å². The van der Waals surface area contributed by atoms with Gasteiger partial charge >= 0.3 is 0 Å². The number of hydrogen-bond acceptors (Lipinski definition) is 2. The van der Waals surface area contributed by atoms with Gasteiger partial charge in [-0.1, -0.05) is 170 Å². The fourth-order valence-corrected chi connectivity index (χ4v) is 7.77. The van der Waals surface area contributed by atoms with Gasteiger partial charge < -0.3 is 4.57 Å². The molecule has 0 radical (unpaired) electrons. The van der Waals surface area contributed by atoms with Gasteiger partial charge in [-0.15, -0.1) is 0 Å². The van der Waals surface area contributed by atoms with Gasteiger partial charge in [0, 0.05) is 33.2 Å². The summed E-state index contributed by atoms with van der Waals surface area (Å²) in [5.74, 6) is 0.705. The molecule has 0 amide bonds. The van der Waals surface area contributed by atoms with Crippen LogP contribution in [0.2, 0.25) is 0 Å². The lowest BCUT2D eigenvalue weighted by Crippen LogP contribution is -1.97. The average molecular weight is 676 g/mol. The van der Waals surface area contributed by atoms with Crippen molar-refractivity contribution in [1.29, 1.82) is 0 Å². The van der Waals surface area contributed by atoms with Crippen LogP contribution in [0.5, 0.6) is 0 Å². The Morgan fingerprint density at radius 2 is 0.849 bits per heavy atom. The van der Waals surface area contributed by atoms with Gasteiger partial charge in [0.25, 0.3) is 0 Å². The van der Waals surface area contributed by atoms with E-state index >= 15 is 0 Å². The molecule has 0 bridgehead atoms. The summed E-state index contributed by atoms with van der Waals surface area (Å²) in [5, 5.41) is 4.82. The summed E-state index contributed by atoms with van der Waals surface area (Å²) in [6.07, 6.45) is 0. The summed E-state index contributed by atoms with van der Waals surface area (Å²) in [6.45, 7) is 0. The minimum Gasteiger partial charge on any atom is -0.309 e. The maximum absolute atomic E-state index is 5.23. The van der Waals surface area contributed by atoms with E-state index in [0.29, 0.717) is 5.82 Å². The second kappa shape index (κ2) is 12.9. The molecule has 10 rings (SSSR count). The van der Waals surface area contributed by atoms with E-state index in [1.807, 2.05) is 24.3 Å². The van der Waals surface area contributed by atoms with E-state index in [0.717, 1.165) is 39.2 Å². The average Bonchev–Trinajstić information content (AvgIpc) is 3.59. The number of para-hydroxylation sites is 2. The van der Waals surface area contributed by atoms with Gasteiger partial charge in [0.15, 0.2) is 5.82 Å². The molecule has 2 heterocycles. The third-order valence-corrected chi connectivity index (χ3v) is 10.2. The molecule has 8 aromatic carbocycles. The van der Waals surface area contributed by atoms with Gasteiger partial charge in [-0.05, 0) is 63.4 Å². The first-order chi connectivity index (χ1) is 26.3. The van der Waals surface area contributed by atoms with Gasteiger partial charge in [0.1, 0.15) is 0 Å². The number of aromatic nitrogens is 3. The van der Waals surface area contributed by atoms with E-state index in [2.05, 4.69) is 180 Å². The zero-order valence-corrected chi connectivity index (χ0v) is 28.9. The third-order valence-electron chi connectivity index (χ3n) is 10.2. The monoisotopic (exact) mass is 675 g/mol. The molecular formula is C50H33N3. The van der Waals surface area contributed by atoms with E-state index in [1.54, 1.807) is 0 Å². The number of hydrogen-bond donors (Lipinski definition) is 0. The fourth-order valence-electron chi connectivity index (χ4n) is 7.77. The van der Waals surface area contributed by atoms with E-state index in [1.165, 1.54) is 49.4 Å². The number of nitrogens with zero attached hydrogens (tertiary/aromatic N) is 3. The first kappa shape index (κ1) is 30.7. The summed E-state index contributed by atoms with van der Waals surface area (Å²) in [7, 11) is 0. The van der Waals surface area contributed by atoms with Crippen molar-refractivity contribution in [3.8, 4) is 61.8 Å². The molecule has 0 aliphatic carbocycles. The minimum absolute atomic E-state index is 0.705. The first-order valence-corrected chi connectivity index (χ1v) is 18.0. The number of benzene rings is 8. The van der Waals surface area contributed by atoms with Crippen LogP contribution in [0.3, 0.4) is 0 Å². The molecule has 0 spiro atoms. The summed E-state index contributed by atoms with van der Waals surface area (Å²) in [4.78, 5) is 10.4. The minimum atomic E-state index is 0.705. The highest BCUT2D eigenvalue weighted by atomic mass is 15.0. The largest absolute Gasteiger partial charge is 0.309 e. The van der Waals surface area contributed by atoms with Crippen LogP contribution < -0.4 is 0 Å². The second-order valence-corrected chi connectivity index (χ2v) is 13.4. The molecule has 0 saturated carbocycles. The molecule has 0 N–H and O–H groups in total. The van der Waals surface area contributed by atoms with E-state index in [-0.39, 0.29) is 0 Å². The Balaban J connectivity index is 1.16. The molecule has 3 heteroatoms. The molecular weight excluding hydrogens is 643 g/mol. The van der Waals surface area contributed by atoms with Crippen molar-refractivity contribution in [3.05, 3.63) is 200 Å². The van der Waals surface area contributed by atoms with E-state index < -0.39 is 0 Å². The lowest BCUT2D eigenvalue weighted by Gasteiger charge is -2.15. The Kier molecular flexibility index (Phi) is 7.47. The zero-order valence-electron chi connectivity index (χ0n) is 28.9. The molecule has 248 valence electrons. The Morgan fingerprint density at radius 3 is 1.58 bits per heavy atom. The molecule has 3 nitrogen and oxygen atoms in total. The quantitative estimate of drug-likeness (QED) is 0.176. The summed E-state index contributed by atoms with van der Waals surface area (Å²) >= 11 is 0. The maximum Gasteiger partial charge on any atom is 0.160 e. The van der Waals surface area contributed by atoms with Crippen molar-refractivity contribution in [2.45, 2.75) is 0 Å². The SMILES string of the molecule is c1ccc(-c2ccc(-c3cc(-c4ccc(-c5cccc6c5c5ccccc5n6-c5ccccc5)c5ccccc45)nc(-c4ccccc4)n3)cc2)cc1. The van der Waals surface area contributed by atoms with Crippen LogP contribution in [0.4, 0.5) is 0 Å². The summed E-state index contributed by atoms with van der Waals surface area (Å²) in [5.41, 5.74) is 13.2. The molecule has 0 atom stereocenters. The predicted molar refractivity (Wildman–Crippen MR) is 221 cm³/mol. The van der Waals surface area contributed by atoms with Crippen molar-refractivity contribution in [2.24, 2.45) is 0 Å². The molecule has 0 aliphatic heterocycles. The van der Waals surface area contributed by atoms with Gasteiger partial charge in [-0.25, -0.2) is 9.97 Å². The molecule has 0 aliphatic rings. The molecule has 53 heavy (non-hydrogen) atoms. The van der Waals surface area contributed by atoms with Crippen LogP contribution in [0.15, 0.2) is 200 Å². The van der Waals surface area contributed by atoms with Crippen LogP contribution in [-0.2, 0) is 0 Å². The molecule has 10 aromatic rings. The van der Waals surface area contributed by atoms with Gasteiger partial charge in [0.05, 0.1) is 22.4 Å². The predicted octanol–water partition coefficient (Wildman–Crippen LogP) is 13.1. The Hall–Kier alpha value is -7.10. The molecule has 0 saturated heterocycles. The van der Waals surface area contributed by atoms with Gasteiger partial charge in [-0.3, -0.25) is 0 Å². The lowest BCUT2D eigenvalue weighted by molar-refractivity contribution is 1.18. The highest BCUT2D eigenvalue weighted by Gasteiger charge is 2.19. The van der Waals surface area contributed by atoms with Gasteiger partial charge in [-0.2, -0.15) is 0 Å². The molecule has 0 fully saturated rings. The standard InChI is InChI=1S/C50H33N3/c1-4-15-34(16-5-1)35-27-29-36(30-28-35)45-33-46(52-50(51-45)37-17-6-2-7-18-37)42-32-31-41(39-21-10-11-22-40(39)42)43-24-14-26-48-49(43)44-23-12-13-25-47(44)53(48)38-19-8-3-9-20-38/h1-33H. The summed E-state index contributed by atoms with van der Waals surface area (Å²) < 4.78 is 2.38. The normalized spacial score (nSPS) is 11.4. The van der Waals surface area contributed by atoms with Crippen molar-refractivity contribution in [3.63, 3.8) is 0 Å². The second-order valence-electron chi connectivity index (χ2n) is 13.4. The fraction of sp³-hybridized carbons (Fsp3) is 0. The molecule has 0 unspecified atom stereocenters. The van der Waals surface area contributed by atoms with E-state index in [9.17, 15) is 0 Å². The Morgan fingerprint density at radius 1 is 0.321 bits per heavy atom. The summed E-state index contributed by atoms with van der Waals surface area (Å²) in [6, 6.07) is 70.9. The van der Waals surface area contributed by atoms with Crippen molar-refractivity contribution < 1.29 is 0 Å². The van der Waals surface area contributed by atoms with Crippen LogP contribution in [0.1, 0.15) is 0 Å². The van der Waals surface area contributed by atoms with Crippen LogP contribution >= 0.6 is 0 Å². The highest BCUT2D eigenvalue weighted by molar-refractivity contribution is 6.18. The number of rotatable bonds is 6. The Bertz CT molecular complexity index is 2910. The van der Waals surface area contributed by atoms with Crippen LogP contribution in [0, 0.1) is 0 Å². The highest BCUT2D eigenvalue weighted by Crippen LogP contribution is 2.42. The van der Waals surface area contributed by atoms with E-state index in [4.69, 9.17) is 9.97 Å².